The molecule has 1 unspecified atom stereocenters. The summed E-state index contributed by atoms with van der Waals surface area (Å²) in [6.07, 6.45) is -5.69. The predicted octanol–water partition coefficient (Wildman–Crippen LogP) is 1.45. The molecule has 28 heavy (non-hydrogen) atoms. The molecule has 0 spiro atoms. The Balaban J connectivity index is 1.48. The molecule has 0 radical (unpaired) electrons. The van der Waals surface area contributed by atoms with Crippen LogP contribution in [0.15, 0.2) is 60.7 Å². The van der Waals surface area contributed by atoms with E-state index in [4.69, 9.17) is 18.9 Å². The predicted molar refractivity (Wildman–Crippen MR) is 97.4 cm³/mol. The molecular weight excluding hydrogens is 364 g/mol. The molecule has 2 N–H and O–H groups in total. The molecule has 0 aromatic heterocycles. The second-order valence-corrected chi connectivity index (χ2v) is 6.80. The van der Waals surface area contributed by atoms with E-state index in [0.717, 1.165) is 5.56 Å². The van der Waals surface area contributed by atoms with Crippen molar-refractivity contribution in [3.8, 4) is 0 Å². The monoisotopic (exact) mass is 386 g/mol. The lowest BCUT2D eigenvalue weighted by Crippen LogP contribution is -2.62. The number of aliphatic hydroxyl groups excluding tert-OH is 2. The number of ketones is 1. The molecule has 7 nitrogen and oxygen atoms in total. The summed E-state index contributed by atoms with van der Waals surface area (Å²) in [4.78, 5) is 12.4. The zero-order valence-electron chi connectivity index (χ0n) is 15.1. The Morgan fingerprint density at radius 3 is 2.39 bits per heavy atom. The van der Waals surface area contributed by atoms with E-state index in [2.05, 4.69) is 0 Å². The minimum absolute atomic E-state index is 0.167. The third kappa shape index (κ3) is 4.00. The average molecular weight is 386 g/mol. The van der Waals surface area contributed by atoms with Gasteiger partial charge in [0, 0.05) is 11.1 Å². The van der Waals surface area contributed by atoms with Crippen LogP contribution in [0.25, 0.3) is 0 Å². The Bertz CT molecular complexity index is 782. The third-order valence-corrected chi connectivity index (χ3v) is 4.90. The summed E-state index contributed by atoms with van der Waals surface area (Å²) in [6, 6.07) is 18.1. The number of Topliss-reactive ketones (excluding diaryl/α,β-unsaturated/α-hetero) is 1. The average Bonchev–Trinajstić information content (AvgIpc) is 2.75. The van der Waals surface area contributed by atoms with Gasteiger partial charge in [0.15, 0.2) is 18.4 Å². The van der Waals surface area contributed by atoms with Crippen molar-refractivity contribution in [2.45, 2.75) is 37.0 Å². The highest BCUT2D eigenvalue weighted by Gasteiger charge is 2.49. The number of carbonyl (C=O) groups excluding carboxylic acids is 1. The number of aliphatic hydroxyl groups is 2. The molecule has 6 atom stereocenters. The van der Waals surface area contributed by atoms with Crippen LogP contribution in [0.1, 0.15) is 22.2 Å². The van der Waals surface area contributed by atoms with E-state index < -0.39 is 37.0 Å². The van der Waals surface area contributed by atoms with Gasteiger partial charge in [-0.3, -0.25) is 4.79 Å². The zero-order chi connectivity index (χ0) is 19.5. The largest absolute Gasteiger partial charge is 0.385 e. The van der Waals surface area contributed by atoms with Gasteiger partial charge in [0.05, 0.1) is 6.61 Å². The van der Waals surface area contributed by atoms with Crippen molar-refractivity contribution in [3.63, 3.8) is 0 Å². The standard InChI is InChI=1S/C21H22O7/c22-15(13-7-3-1-4-8-13)11-25-19-17(23)20(24)27-16-12-26-21(28-18(16)19)14-9-5-2-6-10-14/h1-10,16-21,23-24H,11-12H2/t16-,17-,18-,19-,20+,21?/m1/s1. The Kier molecular flexibility index (Phi) is 5.82. The van der Waals surface area contributed by atoms with Crippen molar-refractivity contribution in [2.75, 3.05) is 13.2 Å². The Labute approximate surface area is 162 Å². The summed E-state index contributed by atoms with van der Waals surface area (Å²) in [6.45, 7) is -0.0810. The van der Waals surface area contributed by atoms with E-state index in [0.29, 0.717) is 5.56 Å². The van der Waals surface area contributed by atoms with Gasteiger partial charge in [0.1, 0.15) is 31.0 Å². The Hall–Kier alpha value is -2.13. The highest BCUT2D eigenvalue weighted by atomic mass is 16.7. The maximum Gasteiger partial charge on any atom is 0.188 e. The topological polar surface area (TPSA) is 94.5 Å². The fourth-order valence-corrected chi connectivity index (χ4v) is 3.43. The van der Waals surface area contributed by atoms with Crippen LogP contribution in [0.2, 0.25) is 0 Å². The number of hydrogen-bond acceptors (Lipinski definition) is 7. The van der Waals surface area contributed by atoms with E-state index >= 15 is 0 Å². The van der Waals surface area contributed by atoms with E-state index in [-0.39, 0.29) is 19.0 Å². The number of rotatable bonds is 5. The molecular formula is C21H22O7. The fourth-order valence-electron chi connectivity index (χ4n) is 3.43. The van der Waals surface area contributed by atoms with Gasteiger partial charge in [-0.1, -0.05) is 60.7 Å². The minimum Gasteiger partial charge on any atom is -0.385 e. The van der Waals surface area contributed by atoms with Crippen LogP contribution >= 0.6 is 0 Å². The highest BCUT2D eigenvalue weighted by Crippen LogP contribution is 2.34. The summed E-state index contributed by atoms with van der Waals surface area (Å²) in [5, 5.41) is 20.4. The molecule has 2 aliphatic rings. The van der Waals surface area contributed by atoms with Crippen molar-refractivity contribution in [1.82, 2.24) is 0 Å². The minimum atomic E-state index is -1.45. The molecule has 2 fully saturated rings. The molecule has 2 saturated heterocycles. The summed E-state index contributed by atoms with van der Waals surface area (Å²) in [5.41, 5.74) is 1.33. The van der Waals surface area contributed by atoms with Crippen LogP contribution in [0.5, 0.6) is 0 Å². The molecule has 2 aliphatic heterocycles. The van der Waals surface area contributed by atoms with Gasteiger partial charge in [-0.2, -0.15) is 0 Å². The van der Waals surface area contributed by atoms with Crippen LogP contribution in [-0.4, -0.2) is 59.9 Å². The van der Waals surface area contributed by atoms with E-state index in [1.54, 1.807) is 24.3 Å². The lowest BCUT2D eigenvalue weighted by molar-refractivity contribution is -0.358. The molecule has 2 aromatic carbocycles. The molecule has 0 amide bonds. The molecule has 148 valence electrons. The van der Waals surface area contributed by atoms with Gasteiger partial charge >= 0.3 is 0 Å². The summed E-state index contributed by atoms with van der Waals surface area (Å²) in [5.74, 6) is -0.225. The van der Waals surface area contributed by atoms with E-state index in [1.165, 1.54) is 0 Å². The number of benzene rings is 2. The van der Waals surface area contributed by atoms with Crippen molar-refractivity contribution < 1.29 is 34.0 Å². The molecule has 4 rings (SSSR count). The number of fused-ring (bicyclic) bond motifs is 1. The van der Waals surface area contributed by atoms with Crippen molar-refractivity contribution in [3.05, 3.63) is 71.8 Å². The molecule has 0 bridgehead atoms. The van der Waals surface area contributed by atoms with Gasteiger partial charge in [0.25, 0.3) is 0 Å². The van der Waals surface area contributed by atoms with Gasteiger partial charge in [0.2, 0.25) is 0 Å². The maximum atomic E-state index is 12.4. The summed E-state index contributed by atoms with van der Waals surface area (Å²) >= 11 is 0. The van der Waals surface area contributed by atoms with Crippen molar-refractivity contribution in [1.29, 1.82) is 0 Å². The number of carbonyl (C=O) groups is 1. The first kappa shape index (κ1) is 19.2. The first-order valence-electron chi connectivity index (χ1n) is 9.17. The lowest BCUT2D eigenvalue weighted by atomic mass is 9.97. The number of ether oxygens (including phenoxy) is 4. The molecule has 0 saturated carbocycles. The van der Waals surface area contributed by atoms with Crippen LogP contribution in [0.4, 0.5) is 0 Å². The lowest BCUT2D eigenvalue weighted by Gasteiger charge is -2.46. The smallest absolute Gasteiger partial charge is 0.188 e. The third-order valence-electron chi connectivity index (χ3n) is 4.90. The van der Waals surface area contributed by atoms with Gasteiger partial charge in [-0.25, -0.2) is 0 Å². The summed E-state index contributed by atoms with van der Waals surface area (Å²) < 4.78 is 22.8. The first-order valence-corrected chi connectivity index (χ1v) is 9.17. The van der Waals surface area contributed by atoms with Crippen LogP contribution in [-0.2, 0) is 18.9 Å². The highest BCUT2D eigenvalue weighted by molar-refractivity contribution is 5.97. The first-order chi connectivity index (χ1) is 13.6. The molecule has 2 aromatic rings. The van der Waals surface area contributed by atoms with Gasteiger partial charge in [-0.05, 0) is 0 Å². The van der Waals surface area contributed by atoms with Gasteiger partial charge in [-0.15, -0.1) is 0 Å². The maximum absolute atomic E-state index is 12.4. The number of hydrogen-bond donors (Lipinski definition) is 2. The van der Waals surface area contributed by atoms with E-state index in [9.17, 15) is 15.0 Å². The van der Waals surface area contributed by atoms with Crippen LogP contribution in [0, 0.1) is 0 Å². The van der Waals surface area contributed by atoms with Crippen LogP contribution < -0.4 is 0 Å². The summed E-state index contributed by atoms with van der Waals surface area (Å²) in [7, 11) is 0. The fraction of sp³-hybridized carbons (Fsp3) is 0.381. The van der Waals surface area contributed by atoms with Gasteiger partial charge < -0.3 is 29.2 Å². The van der Waals surface area contributed by atoms with Crippen molar-refractivity contribution >= 4 is 5.78 Å². The second kappa shape index (κ2) is 8.48. The quantitative estimate of drug-likeness (QED) is 0.751. The van der Waals surface area contributed by atoms with E-state index in [1.807, 2.05) is 36.4 Å². The zero-order valence-corrected chi connectivity index (χ0v) is 15.1. The van der Waals surface area contributed by atoms with Crippen molar-refractivity contribution in [2.24, 2.45) is 0 Å². The second-order valence-electron chi connectivity index (χ2n) is 6.80. The Morgan fingerprint density at radius 1 is 1.00 bits per heavy atom. The normalized spacial score (nSPS) is 32.5. The Morgan fingerprint density at radius 2 is 1.68 bits per heavy atom. The SMILES string of the molecule is O=C(CO[C@@H]1[C@@H](O)[C@@H](O)O[C@@H]2COC(c3ccccc3)O[C@@H]12)c1ccccc1. The molecule has 2 heterocycles. The molecule has 7 heteroatoms. The molecule has 0 aliphatic carbocycles. The van der Waals surface area contributed by atoms with Crippen LogP contribution in [0.3, 0.4) is 0 Å².